The van der Waals surface area contributed by atoms with Crippen molar-refractivity contribution in [3.63, 3.8) is 0 Å². The van der Waals surface area contributed by atoms with Crippen molar-refractivity contribution in [3.05, 3.63) is 42.2 Å². The van der Waals surface area contributed by atoms with E-state index >= 15 is 0 Å². The van der Waals surface area contributed by atoms with Gasteiger partial charge in [0.2, 0.25) is 0 Å². The zero-order chi connectivity index (χ0) is 12.7. The van der Waals surface area contributed by atoms with Crippen molar-refractivity contribution >= 4 is 0 Å². The third kappa shape index (κ3) is 3.84. The number of halogens is 1. The first kappa shape index (κ1) is 13.7. The van der Waals surface area contributed by atoms with Crippen LogP contribution in [0, 0.1) is 5.82 Å². The molecule has 0 saturated heterocycles. The van der Waals surface area contributed by atoms with E-state index in [-0.39, 0.29) is 17.6 Å². The first-order chi connectivity index (χ1) is 8.22. The highest BCUT2D eigenvalue weighted by Crippen LogP contribution is 2.25. The molecule has 0 aliphatic heterocycles. The maximum atomic E-state index is 13.3. The minimum absolute atomic E-state index is 0.00412. The number of ether oxygens (including phenoxy) is 1. The van der Waals surface area contributed by atoms with Crippen LogP contribution in [0.1, 0.15) is 30.9 Å². The summed E-state index contributed by atoms with van der Waals surface area (Å²) in [6, 6.07) is 4.79. The zero-order valence-corrected chi connectivity index (χ0v) is 10.1. The lowest BCUT2D eigenvalue weighted by Crippen LogP contribution is -2.28. The molecule has 1 aromatic rings. The second-order valence-corrected chi connectivity index (χ2v) is 3.83. The Balaban J connectivity index is 2.76. The molecule has 0 aliphatic carbocycles. The molecule has 0 aliphatic rings. The number of nitrogens with two attached hydrogens (primary N) is 1. The molecule has 3 nitrogen and oxygen atoms in total. The summed E-state index contributed by atoms with van der Waals surface area (Å²) in [6.07, 6.45) is 4.67. The highest BCUT2D eigenvalue weighted by Gasteiger charge is 2.12. The van der Waals surface area contributed by atoms with E-state index < -0.39 is 0 Å². The Morgan fingerprint density at radius 3 is 2.94 bits per heavy atom. The fourth-order valence-corrected chi connectivity index (χ4v) is 1.71. The SMILES string of the molecule is C=CCCCC(NN)c1ccc(F)c(OC)c1. The summed E-state index contributed by atoms with van der Waals surface area (Å²) in [5.41, 5.74) is 3.66. The van der Waals surface area contributed by atoms with Crippen LogP contribution in [0.4, 0.5) is 4.39 Å². The summed E-state index contributed by atoms with van der Waals surface area (Å²) in [4.78, 5) is 0. The predicted molar refractivity (Wildman–Crippen MR) is 67.1 cm³/mol. The number of benzene rings is 1. The standard InChI is InChI=1S/C13H19FN2O/c1-3-4-5-6-12(16-15)10-7-8-11(14)13(9-10)17-2/h3,7-9,12,16H,1,4-6,15H2,2H3. The van der Waals surface area contributed by atoms with Crippen molar-refractivity contribution in [3.8, 4) is 5.75 Å². The summed E-state index contributed by atoms with van der Waals surface area (Å²) in [7, 11) is 1.45. The van der Waals surface area contributed by atoms with Gasteiger partial charge in [0.15, 0.2) is 11.6 Å². The lowest BCUT2D eigenvalue weighted by atomic mass is 10.0. The topological polar surface area (TPSA) is 47.3 Å². The van der Waals surface area contributed by atoms with E-state index in [2.05, 4.69) is 12.0 Å². The van der Waals surface area contributed by atoms with Crippen LogP contribution in [0.5, 0.6) is 5.75 Å². The molecule has 0 amide bonds. The van der Waals surface area contributed by atoms with Gasteiger partial charge in [0.05, 0.1) is 7.11 Å². The first-order valence-electron chi connectivity index (χ1n) is 5.63. The third-order valence-corrected chi connectivity index (χ3v) is 2.68. The highest BCUT2D eigenvalue weighted by atomic mass is 19.1. The van der Waals surface area contributed by atoms with Crippen molar-refractivity contribution in [1.82, 2.24) is 5.43 Å². The van der Waals surface area contributed by atoms with Gasteiger partial charge in [-0.25, -0.2) is 4.39 Å². The molecule has 94 valence electrons. The van der Waals surface area contributed by atoms with Gasteiger partial charge in [-0.15, -0.1) is 6.58 Å². The summed E-state index contributed by atoms with van der Waals surface area (Å²) >= 11 is 0. The van der Waals surface area contributed by atoms with Crippen LogP contribution in [0.3, 0.4) is 0 Å². The second-order valence-electron chi connectivity index (χ2n) is 3.83. The molecule has 1 aromatic carbocycles. The molecular weight excluding hydrogens is 219 g/mol. The highest BCUT2D eigenvalue weighted by molar-refractivity contribution is 5.32. The molecular formula is C13H19FN2O. The number of methoxy groups -OCH3 is 1. The van der Waals surface area contributed by atoms with Crippen LogP contribution in [0.25, 0.3) is 0 Å². The Labute approximate surface area is 101 Å². The molecule has 1 atom stereocenters. The number of unbranched alkanes of at least 4 members (excludes halogenated alkanes) is 1. The Morgan fingerprint density at radius 2 is 2.35 bits per heavy atom. The van der Waals surface area contributed by atoms with Crippen molar-refractivity contribution in [2.45, 2.75) is 25.3 Å². The number of hydrogen-bond donors (Lipinski definition) is 2. The number of hydrazine groups is 1. The Bertz CT molecular complexity index is 368. The van der Waals surface area contributed by atoms with Crippen molar-refractivity contribution in [2.75, 3.05) is 7.11 Å². The van der Waals surface area contributed by atoms with Gasteiger partial charge in [-0.2, -0.15) is 0 Å². The van der Waals surface area contributed by atoms with Crippen molar-refractivity contribution in [2.24, 2.45) is 5.84 Å². The fourth-order valence-electron chi connectivity index (χ4n) is 1.71. The number of hydrogen-bond acceptors (Lipinski definition) is 3. The molecule has 0 saturated carbocycles. The van der Waals surface area contributed by atoms with Gasteiger partial charge in [0.25, 0.3) is 0 Å². The van der Waals surface area contributed by atoms with Gasteiger partial charge in [-0.05, 0) is 37.0 Å². The average molecular weight is 238 g/mol. The lowest BCUT2D eigenvalue weighted by molar-refractivity contribution is 0.384. The van der Waals surface area contributed by atoms with E-state index in [1.165, 1.54) is 13.2 Å². The summed E-state index contributed by atoms with van der Waals surface area (Å²) < 4.78 is 18.2. The van der Waals surface area contributed by atoms with Gasteiger partial charge in [-0.3, -0.25) is 11.3 Å². The minimum Gasteiger partial charge on any atom is -0.494 e. The minimum atomic E-state index is -0.363. The largest absolute Gasteiger partial charge is 0.494 e. The number of rotatable bonds is 7. The monoisotopic (exact) mass is 238 g/mol. The van der Waals surface area contributed by atoms with E-state index in [4.69, 9.17) is 10.6 Å². The normalized spacial score (nSPS) is 12.2. The van der Waals surface area contributed by atoms with Crippen molar-refractivity contribution < 1.29 is 9.13 Å². The molecule has 0 bridgehead atoms. The Hall–Kier alpha value is -1.39. The van der Waals surface area contributed by atoms with Gasteiger partial charge in [-0.1, -0.05) is 12.1 Å². The fraction of sp³-hybridized carbons (Fsp3) is 0.385. The van der Waals surface area contributed by atoms with E-state index in [0.29, 0.717) is 0 Å². The van der Waals surface area contributed by atoms with Crippen LogP contribution in [-0.2, 0) is 0 Å². The predicted octanol–water partition coefficient (Wildman–Crippen LogP) is 2.70. The molecule has 0 radical (unpaired) electrons. The van der Waals surface area contributed by atoms with E-state index in [1.54, 1.807) is 12.1 Å². The maximum Gasteiger partial charge on any atom is 0.165 e. The molecule has 1 rings (SSSR count). The van der Waals surface area contributed by atoms with E-state index in [0.717, 1.165) is 24.8 Å². The van der Waals surface area contributed by atoms with Crippen LogP contribution in [-0.4, -0.2) is 7.11 Å². The molecule has 3 N–H and O–H groups in total. The first-order valence-corrected chi connectivity index (χ1v) is 5.63. The molecule has 0 fully saturated rings. The summed E-state index contributed by atoms with van der Waals surface area (Å²) in [6.45, 7) is 3.67. The zero-order valence-electron chi connectivity index (χ0n) is 10.1. The average Bonchev–Trinajstić information content (AvgIpc) is 2.36. The van der Waals surface area contributed by atoms with Crippen LogP contribution in [0.15, 0.2) is 30.9 Å². The van der Waals surface area contributed by atoms with Crippen LogP contribution < -0.4 is 16.0 Å². The second kappa shape index (κ2) is 7.04. The van der Waals surface area contributed by atoms with Gasteiger partial charge in [0, 0.05) is 6.04 Å². The van der Waals surface area contributed by atoms with Gasteiger partial charge < -0.3 is 4.74 Å². The maximum absolute atomic E-state index is 13.3. The number of allylic oxidation sites excluding steroid dienone is 1. The van der Waals surface area contributed by atoms with E-state index in [1.807, 2.05) is 6.08 Å². The molecule has 1 unspecified atom stereocenters. The third-order valence-electron chi connectivity index (χ3n) is 2.68. The summed E-state index contributed by atoms with van der Waals surface area (Å²) in [5, 5.41) is 0. The Kier molecular flexibility index (Phi) is 5.66. The number of nitrogens with one attached hydrogen (secondary N) is 1. The van der Waals surface area contributed by atoms with Crippen LogP contribution in [0.2, 0.25) is 0 Å². The van der Waals surface area contributed by atoms with E-state index in [9.17, 15) is 4.39 Å². The lowest BCUT2D eigenvalue weighted by Gasteiger charge is -2.16. The van der Waals surface area contributed by atoms with Gasteiger partial charge in [0.1, 0.15) is 0 Å². The molecule has 17 heavy (non-hydrogen) atoms. The smallest absolute Gasteiger partial charge is 0.165 e. The Morgan fingerprint density at radius 1 is 1.59 bits per heavy atom. The molecule has 0 aromatic heterocycles. The molecule has 4 heteroatoms. The van der Waals surface area contributed by atoms with Gasteiger partial charge >= 0.3 is 0 Å². The quantitative estimate of drug-likeness (QED) is 0.332. The van der Waals surface area contributed by atoms with Crippen molar-refractivity contribution in [1.29, 1.82) is 0 Å². The van der Waals surface area contributed by atoms with Crippen LogP contribution >= 0.6 is 0 Å². The molecule has 0 spiro atoms. The molecule has 0 heterocycles. The summed E-state index contributed by atoms with van der Waals surface area (Å²) in [5.74, 6) is 5.39.